The maximum Gasteiger partial charge on any atom is 0.163 e. The van der Waals surface area contributed by atoms with Crippen molar-refractivity contribution in [2.75, 3.05) is 50.8 Å². The monoisotopic (exact) mass is 391 g/mol. The van der Waals surface area contributed by atoms with Crippen molar-refractivity contribution in [1.29, 1.82) is 0 Å². The van der Waals surface area contributed by atoms with E-state index in [2.05, 4.69) is 57.4 Å². The lowest BCUT2D eigenvalue weighted by molar-refractivity contribution is 0.171. The van der Waals surface area contributed by atoms with Crippen molar-refractivity contribution in [3.8, 4) is 11.5 Å². The Labute approximate surface area is 172 Å². The number of aryl methyl sites for hydroxylation is 1. The summed E-state index contributed by atoms with van der Waals surface area (Å²) in [6.45, 7) is 6.87. The van der Waals surface area contributed by atoms with E-state index in [1.807, 2.05) is 6.07 Å². The Morgan fingerprint density at radius 1 is 0.862 bits per heavy atom. The molecule has 0 saturated carbocycles. The van der Waals surface area contributed by atoms with Gasteiger partial charge in [0.1, 0.15) is 13.2 Å². The van der Waals surface area contributed by atoms with Crippen molar-refractivity contribution in [2.45, 2.75) is 19.3 Å². The Hall–Kier alpha value is -2.66. The summed E-state index contributed by atoms with van der Waals surface area (Å²) in [6.07, 6.45) is 5.83. The largest absolute Gasteiger partial charge is 0.486 e. The van der Waals surface area contributed by atoms with E-state index in [9.17, 15) is 0 Å². The van der Waals surface area contributed by atoms with Gasteiger partial charge in [0.15, 0.2) is 11.5 Å². The first-order valence-corrected chi connectivity index (χ1v) is 10.8. The number of ether oxygens (including phenoxy) is 2. The lowest BCUT2D eigenvalue weighted by Crippen LogP contribution is -2.46. The van der Waals surface area contributed by atoms with Gasteiger partial charge in [-0.2, -0.15) is 0 Å². The smallest absolute Gasteiger partial charge is 0.163 e. The molecule has 3 aromatic rings. The molecule has 1 saturated heterocycles. The van der Waals surface area contributed by atoms with Gasteiger partial charge in [0.25, 0.3) is 0 Å². The van der Waals surface area contributed by atoms with Crippen LogP contribution in [0.4, 0.5) is 5.69 Å². The number of benzene rings is 2. The summed E-state index contributed by atoms with van der Waals surface area (Å²) >= 11 is 0. The third-order valence-electron chi connectivity index (χ3n) is 6.11. The molecule has 152 valence electrons. The molecule has 2 aromatic carbocycles. The fourth-order valence-electron chi connectivity index (χ4n) is 4.45. The van der Waals surface area contributed by atoms with Crippen molar-refractivity contribution in [3.63, 3.8) is 0 Å². The first-order chi connectivity index (χ1) is 14.4. The second kappa shape index (κ2) is 8.37. The van der Waals surface area contributed by atoms with Crippen LogP contribution in [0.25, 0.3) is 10.9 Å². The minimum Gasteiger partial charge on any atom is -0.486 e. The van der Waals surface area contributed by atoms with Gasteiger partial charge in [-0.15, -0.1) is 0 Å². The van der Waals surface area contributed by atoms with Gasteiger partial charge in [-0.25, -0.2) is 0 Å². The van der Waals surface area contributed by atoms with Crippen LogP contribution in [-0.4, -0.2) is 55.8 Å². The number of anilines is 1. The average Bonchev–Trinajstić information content (AvgIpc) is 3.20. The van der Waals surface area contributed by atoms with Gasteiger partial charge in [0.2, 0.25) is 0 Å². The van der Waals surface area contributed by atoms with Crippen molar-refractivity contribution in [3.05, 3.63) is 54.2 Å². The quantitative estimate of drug-likeness (QED) is 0.643. The van der Waals surface area contributed by atoms with Gasteiger partial charge in [0, 0.05) is 55.0 Å². The predicted molar refractivity (Wildman–Crippen MR) is 117 cm³/mol. The summed E-state index contributed by atoms with van der Waals surface area (Å²) < 4.78 is 11.4. The van der Waals surface area contributed by atoms with E-state index in [0.717, 1.165) is 44.1 Å². The summed E-state index contributed by atoms with van der Waals surface area (Å²) in [6, 6.07) is 14.9. The van der Waals surface area contributed by atoms with E-state index < -0.39 is 0 Å². The SMILES string of the molecule is c1ccc2c(CCCCN3CCN(c4ccc5c(c4)OCCO5)CC3)c[nH]c2c1. The number of piperazine rings is 1. The van der Waals surface area contributed by atoms with Crippen LogP contribution in [0.5, 0.6) is 11.5 Å². The molecule has 2 aliphatic heterocycles. The maximum atomic E-state index is 5.73. The van der Waals surface area contributed by atoms with Gasteiger partial charge in [-0.05, 0) is 49.6 Å². The Bertz CT molecular complexity index is 960. The summed E-state index contributed by atoms with van der Waals surface area (Å²) in [5, 5.41) is 1.38. The lowest BCUT2D eigenvalue weighted by Gasteiger charge is -2.36. The molecule has 1 fully saturated rings. The zero-order valence-electron chi connectivity index (χ0n) is 16.9. The van der Waals surface area contributed by atoms with Crippen LogP contribution in [0.1, 0.15) is 18.4 Å². The highest BCUT2D eigenvalue weighted by Crippen LogP contribution is 2.34. The molecular formula is C24H29N3O2. The zero-order valence-corrected chi connectivity index (χ0v) is 16.9. The molecule has 0 radical (unpaired) electrons. The minimum atomic E-state index is 0.642. The number of fused-ring (bicyclic) bond motifs is 2. The Kier molecular flexibility index (Phi) is 5.31. The van der Waals surface area contributed by atoms with E-state index in [0.29, 0.717) is 13.2 Å². The number of hydrogen-bond acceptors (Lipinski definition) is 4. The van der Waals surface area contributed by atoms with E-state index in [1.165, 1.54) is 41.5 Å². The molecule has 3 heterocycles. The molecule has 0 atom stereocenters. The molecule has 0 bridgehead atoms. The van der Waals surface area contributed by atoms with Crippen LogP contribution < -0.4 is 14.4 Å². The molecule has 2 aliphatic rings. The third-order valence-corrected chi connectivity index (χ3v) is 6.11. The van der Waals surface area contributed by atoms with Crippen LogP contribution >= 0.6 is 0 Å². The number of unbranched alkanes of at least 4 members (excludes halogenated alkanes) is 1. The standard InChI is InChI=1S/C24H29N3O2/c1-2-7-22-21(6-1)19(18-25-22)5-3-4-10-26-11-13-27(14-12-26)20-8-9-23-24(17-20)29-16-15-28-23/h1-2,6-9,17-18,25H,3-5,10-16H2. The van der Waals surface area contributed by atoms with Crippen molar-refractivity contribution < 1.29 is 9.47 Å². The average molecular weight is 392 g/mol. The molecular weight excluding hydrogens is 362 g/mol. The van der Waals surface area contributed by atoms with Crippen LogP contribution in [0.15, 0.2) is 48.7 Å². The highest BCUT2D eigenvalue weighted by Gasteiger charge is 2.19. The van der Waals surface area contributed by atoms with Crippen molar-refractivity contribution in [2.24, 2.45) is 0 Å². The third kappa shape index (κ3) is 4.06. The Balaban J connectivity index is 1.07. The second-order valence-electron chi connectivity index (χ2n) is 7.97. The minimum absolute atomic E-state index is 0.642. The number of nitrogens with one attached hydrogen (secondary N) is 1. The first kappa shape index (κ1) is 18.4. The summed E-state index contributed by atoms with van der Waals surface area (Å²) in [4.78, 5) is 8.45. The van der Waals surface area contributed by atoms with Gasteiger partial charge >= 0.3 is 0 Å². The number of nitrogens with zero attached hydrogens (tertiary/aromatic N) is 2. The van der Waals surface area contributed by atoms with E-state index in [1.54, 1.807) is 0 Å². The first-order valence-electron chi connectivity index (χ1n) is 10.8. The summed E-state index contributed by atoms with van der Waals surface area (Å²) in [5.41, 5.74) is 3.94. The van der Waals surface area contributed by atoms with Crippen LogP contribution in [0, 0.1) is 0 Å². The highest BCUT2D eigenvalue weighted by molar-refractivity contribution is 5.83. The van der Waals surface area contributed by atoms with Crippen LogP contribution in [0.2, 0.25) is 0 Å². The molecule has 5 nitrogen and oxygen atoms in total. The fourth-order valence-corrected chi connectivity index (χ4v) is 4.45. The topological polar surface area (TPSA) is 40.7 Å². The highest BCUT2D eigenvalue weighted by atomic mass is 16.6. The normalized spacial score (nSPS) is 17.0. The Morgan fingerprint density at radius 3 is 2.59 bits per heavy atom. The summed E-state index contributed by atoms with van der Waals surface area (Å²) in [7, 11) is 0. The van der Waals surface area contributed by atoms with Crippen LogP contribution in [-0.2, 0) is 6.42 Å². The Morgan fingerprint density at radius 2 is 1.69 bits per heavy atom. The van der Waals surface area contributed by atoms with Crippen molar-refractivity contribution >= 4 is 16.6 Å². The number of aromatic nitrogens is 1. The van der Waals surface area contributed by atoms with Gasteiger partial charge in [-0.3, -0.25) is 4.90 Å². The molecule has 1 N–H and O–H groups in total. The molecule has 5 heteroatoms. The number of hydrogen-bond donors (Lipinski definition) is 1. The molecule has 1 aromatic heterocycles. The fraction of sp³-hybridized carbons (Fsp3) is 0.417. The van der Waals surface area contributed by atoms with E-state index in [-0.39, 0.29) is 0 Å². The molecule has 0 amide bonds. The number of para-hydroxylation sites is 1. The lowest BCUT2D eigenvalue weighted by atomic mass is 10.1. The molecule has 5 rings (SSSR count). The molecule has 0 aliphatic carbocycles. The summed E-state index contributed by atoms with van der Waals surface area (Å²) in [5.74, 6) is 1.75. The van der Waals surface area contributed by atoms with Gasteiger partial charge < -0.3 is 19.4 Å². The molecule has 29 heavy (non-hydrogen) atoms. The number of H-pyrrole nitrogens is 1. The van der Waals surface area contributed by atoms with Gasteiger partial charge in [-0.1, -0.05) is 18.2 Å². The van der Waals surface area contributed by atoms with Crippen molar-refractivity contribution in [1.82, 2.24) is 9.88 Å². The van der Waals surface area contributed by atoms with E-state index in [4.69, 9.17) is 9.47 Å². The predicted octanol–water partition coefficient (Wildman–Crippen LogP) is 4.08. The molecule has 0 unspecified atom stereocenters. The number of rotatable bonds is 6. The number of aromatic amines is 1. The second-order valence-corrected chi connectivity index (χ2v) is 7.97. The molecule has 0 spiro atoms. The zero-order chi connectivity index (χ0) is 19.5. The van der Waals surface area contributed by atoms with E-state index >= 15 is 0 Å². The van der Waals surface area contributed by atoms with Gasteiger partial charge in [0.05, 0.1) is 0 Å². The van der Waals surface area contributed by atoms with Crippen LogP contribution in [0.3, 0.4) is 0 Å². The maximum absolute atomic E-state index is 5.73.